The summed E-state index contributed by atoms with van der Waals surface area (Å²) in [6.07, 6.45) is 1.06. The lowest BCUT2D eigenvalue weighted by Crippen LogP contribution is -2.47. The van der Waals surface area contributed by atoms with E-state index in [9.17, 15) is 9.59 Å². The van der Waals surface area contributed by atoms with Gasteiger partial charge in [0, 0.05) is 30.8 Å². The van der Waals surface area contributed by atoms with Crippen LogP contribution in [0.1, 0.15) is 19.8 Å². The number of hydrogen-bond donors (Lipinski definition) is 2. The maximum absolute atomic E-state index is 12.1. The molecule has 0 unspecified atom stereocenters. The van der Waals surface area contributed by atoms with Crippen molar-refractivity contribution in [2.24, 2.45) is 0 Å². The summed E-state index contributed by atoms with van der Waals surface area (Å²) in [7, 11) is 0. The summed E-state index contributed by atoms with van der Waals surface area (Å²) in [6.45, 7) is 3.27. The molecule has 8 heteroatoms. The number of piperidine rings is 1. The standard InChI is InChI=1S/C18H22N4O4/c1-2-25-18(24)22-10-8-14(9-11-22)19-17(23)20-16-12-15(26-21-16)13-6-4-3-5-7-13/h3-7,12,14H,2,8-11H2,1H3,(H2,19,20,21,23). The van der Waals surface area contributed by atoms with E-state index in [1.165, 1.54) is 0 Å². The first-order chi connectivity index (χ1) is 12.7. The van der Waals surface area contributed by atoms with E-state index in [2.05, 4.69) is 15.8 Å². The summed E-state index contributed by atoms with van der Waals surface area (Å²) in [5.41, 5.74) is 0.889. The summed E-state index contributed by atoms with van der Waals surface area (Å²) in [5.74, 6) is 0.939. The summed E-state index contributed by atoms with van der Waals surface area (Å²) < 4.78 is 10.2. The molecule has 3 amide bonds. The summed E-state index contributed by atoms with van der Waals surface area (Å²) in [6, 6.07) is 10.9. The van der Waals surface area contributed by atoms with Gasteiger partial charge in [-0.05, 0) is 19.8 Å². The molecule has 2 heterocycles. The average Bonchev–Trinajstić information content (AvgIpc) is 3.11. The minimum Gasteiger partial charge on any atom is -0.450 e. The van der Waals surface area contributed by atoms with Crippen molar-refractivity contribution in [3.63, 3.8) is 0 Å². The van der Waals surface area contributed by atoms with Crippen LogP contribution >= 0.6 is 0 Å². The number of hydrogen-bond acceptors (Lipinski definition) is 5. The Hall–Kier alpha value is -3.03. The predicted octanol–water partition coefficient (Wildman–Crippen LogP) is 3.08. The molecule has 138 valence electrons. The predicted molar refractivity (Wildman–Crippen MR) is 95.7 cm³/mol. The number of carbonyl (C=O) groups is 2. The first-order valence-corrected chi connectivity index (χ1v) is 8.67. The molecule has 1 saturated heterocycles. The van der Waals surface area contributed by atoms with Gasteiger partial charge in [0.25, 0.3) is 0 Å². The Labute approximate surface area is 151 Å². The summed E-state index contributed by atoms with van der Waals surface area (Å²) in [4.78, 5) is 25.5. The minimum atomic E-state index is -0.340. The van der Waals surface area contributed by atoms with E-state index < -0.39 is 0 Å². The zero-order valence-corrected chi connectivity index (χ0v) is 14.6. The van der Waals surface area contributed by atoms with Crippen LogP contribution in [0.4, 0.5) is 15.4 Å². The number of rotatable bonds is 4. The zero-order valence-electron chi connectivity index (χ0n) is 14.6. The molecule has 1 aromatic heterocycles. The van der Waals surface area contributed by atoms with Crippen LogP contribution in [-0.4, -0.2) is 47.9 Å². The molecular formula is C18H22N4O4. The van der Waals surface area contributed by atoms with E-state index in [0.717, 1.165) is 5.56 Å². The van der Waals surface area contributed by atoms with Crippen molar-refractivity contribution >= 4 is 17.9 Å². The molecule has 0 radical (unpaired) electrons. The van der Waals surface area contributed by atoms with Gasteiger partial charge in [-0.15, -0.1) is 0 Å². The fraction of sp³-hybridized carbons (Fsp3) is 0.389. The molecule has 0 aliphatic carbocycles. The van der Waals surface area contributed by atoms with E-state index in [4.69, 9.17) is 9.26 Å². The van der Waals surface area contributed by atoms with Crippen molar-refractivity contribution < 1.29 is 18.8 Å². The summed E-state index contributed by atoms with van der Waals surface area (Å²) >= 11 is 0. The molecule has 1 aromatic carbocycles. The maximum Gasteiger partial charge on any atom is 0.409 e. The fourth-order valence-electron chi connectivity index (χ4n) is 2.83. The van der Waals surface area contributed by atoms with E-state index >= 15 is 0 Å². The van der Waals surface area contributed by atoms with Gasteiger partial charge in [0.1, 0.15) is 0 Å². The molecule has 1 fully saturated rings. The van der Waals surface area contributed by atoms with Crippen molar-refractivity contribution in [3.8, 4) is 11.3 Å². The molecule has 0 spiro atoms. The largest absolute Gasteiger partial charge is 0.450 e. The van der Waals surface area contributed by atoms with Crippen LogP contribution in [0.2, 0.25) is 0 Å². The Morgan fingerprint density at radius 1 is 1.27 bits per heavy atom. The number of anilines is 1. The number of nitrogens with zero attached hydrogens (tertiary/aromatic N) is 2. The van der Waals surface area contributed by atoms with Crippen molar-refractivity contribution in [1.82, 2.24) is 15.4 Å². The van der Waals surface area contributed by atoms with Crippen LogP contribution in [0, 0.1) is 0 Å². The Balaban J connectivity index is 1.47. The summed E-state index contributed by atoms with van der Waals surface area (Å²) in [5, 5.41) is 9.44. The van der Waals surface area contributed by atoms with E-state index in [0.29, 0.717) is 44.1 Å². The first kappa shape index (κ1) is 17.8. The van der Waals surface area contributed by atoms with Crippen LogP contribution in [0.3, 0.4) is 0 Å². The van der Waals surface area contributed by atoms with E-state index in [1.54, 1.807) is 17.9 Å². The Morgan fingerprint density at radius 3 is 2.69 bits per heavy atom. The molecular weight excluding hydrogens is 336 g/mol. The highest BCUT2D eigenvalue weighted by Crippen LogP contribution is 2.22. The molecule has 0 bridgehead atoms. The normalized spacial score (nSPS) is 14.7. The fourth-order valence-corrected chi connectivity index (χ4v) is 2.83. The number of benzene rings is 1. The van der Waals surface area contributed by atoms with Gasteiger partial charge < -0.3 is 19.5 Å². The highest BCUT2D eigenvalue weighted by atomic mass is 16.6. The van der Waals surface area contributed by atoms with Gasteiger partial charge in [0.2, 0.25) is 0 Å². The topological polar surface area (TPSA) is 96.7 Å². The molecule has 3 rings (SSSR count). The molecule has 8 nitrogen and oxygen atoms in total. The number of urea groups is 1. The molecule has 2 N–H and O–H groups in total. The van der Waals surface area contributed by atoms with Crippen molar-refractivity contribution in [2.75, 3.05) is 25.0 Å². The van der Waals surface area contributed by atoms with Gasteiger partial charge in [0.15, 0.2) is 11.6 Å². The highest BCUT2D eigenvalue weighted by molar-refractivity contribution is 5.88. The molecule has 1 aliphatic rings. The van der Waals surface area contributed by atoms with Crippen LogP contribution < -0.4 is 10.6 Å². The lowest BCUT2D eigenvalue weighted by Gasteiger charge is -2.31. The van der Waals surface area contributed by atoms with Gasteiger partial charge in [-0.2, -0.15) is 0 Å². The Morgan fingerprint density at radius 2 is 2.00 bits per heavy atom. The molecule has 0 saturated carbocycles. The van der Waals surface area contributed by atoms with Crippen molar-refractivity contribution in [3.05, 3.63) is 36.4 Å². The number of aromatic nitrogens is 1. The smallest absolute Gasteiger partial charge is 0.409 e. The maximum atomic E-state index is 12.1. The third-order valence-electron chi connectivity index (χ3n) is 4.17. The van der Waals surface area contributed by atoms with E-state index in [1.807, 2.05) is 30.3 Å². The molecule has 1 aliphatic heterocycles. The van der Waals surface area contributed by atoms with Crippen LogP contribution in [0.5, 0.6) is 0 Å². The molecule has 0 atom stereocenters. The second-order valence-corrected chi connectivity index (χ2v) is 6.00. The van der Waals surface area contributed by atoms with Gasteiger partial charge in [-0.25, -0.2) is 9.59 Å². The Kier molecular flexibility index (Phi) is 5.73. The van der Waals surface area contributed by atoms with Crippen LogP contribution in [0.25, 0.3) is 11.3 Å². The Bertz CT molecular complexity index is 739. The average molecular weight is 358 g/mol. The highest BCUT2D eigenvalue weighted by Gasteiger charge is 2.24. The van der Waals surface area contributed by atoms with Gasteiger partial charge >= 0.3 is 12.1 Å². The third kappa shape index (κ3) is 4.53. The molecule has 26 heavy (non-hydrogen) atoms. The first-order valence-electron chi connectivity index (χ1n) is 8.67. The quantitative estimate of drug-likeness (QED) is 0.875. The number of carbonyl (C=O) groups excluding carboxylic acids is 2. The SMILES string of the molecule is CCOC(=O)N1CCC(NC(=O)Nc2cc(-c3ccccc3)on2)CC1. The molecule has 2 aromatic rings. The number of ether oxygens (including phenoxy) is 1. The second-order valence-electron chi connectivity index (χ2n) is 6.00. The number of likely N-dealkylation sites (tertiary alicyclic amines) is 1. The monoisotopic (exact) mass is 358 g/mol. The van der Waals surface area contributed by atoms with E-state index in [-0.39, 0.29) is 18.2 Å². The van der Waals surface area contributed by atoms with Crippen LogP contribution in [-0.2, 0) is 4.74 Å². The van der Waals surface area contributed by atoms with Crippen LogP contribution in [0.15, 0.2) is 40.9 Å². The van der Waals surface area contributed by atoms with Crippen molar-refractivity contribution in [2.45, 2.75) is 25.8 Å². The third-order valence-corrected chi connectivity index (χ3v) is 4.17. The number of nitrogens with one attached hydrogen (secondary N) is 2. The lowest BCUT2D eigenvalue weighted by molar-refractivity contribution is 0.0959. The second kappa shape index (κ2) is 8.37. The van der Waals surface area contributed by atoms with Gasteiger partial charge in [-0.3, -0.25) is 5.32 Å². The minimum absolute atomic E-state index is 0.00108. The van der Waals surface area contributed by atoms with Crippen molar-refractivity contribution in [1.29, 1.82) is 0 Å². The van der Waals surface area contributed by atoms with Gasteiger partial charge in [-0.1, -0.05) is 35.5 Å². The van der Waals surface area contributed by atoms with Gasteiger partial charge in [0.05, 0.1) is 6.61 Å². The lowest BCUT2D eigenvalue weighted by atomic mass is 10.1. The number of amides is 3. The zero-order chi connectivity index (χ0) is 18.4.